The van der Waals surface area contributed by atoms with E-state index in [4.69, 9.17) is 10.2 Å². The van der Waals surface area contributed by atoms with Crippen LogP contribution in [0.25, 0.3) is 0 Å². The number of rotatable bonds is 7. The Bertz CT molecular complexity index is 288. The molecule has 0 spiro atoms. The van der Waals surface area contributed by atoms with Crippen LogP contribution in [0, 0.1) is 0 Å². The largest absolute Gasteiger partial charge is 0.507 e. The Morgan fingerprint density at radius 2 is 1.41 bits per heavy atom. The van der Waals surface area contributed by atoms with E-state index in [1.807, 2.05) is 0 Å². The number of carboxylic acid groups (broad SMARTS) is 2. The Balaban J connectivity index is 4.21. The molecule has 0 aliphatic heterocycles. The first-order chi connectivity index (χ1) is 7.78. The molecular formula is C7H13O9P. The molecular weight excluding hydrogens is 259 g/mol. The van der Waals surface area contributed by atoms with Crippen LogP contribution in [0.15, 0.2) is 0 Å². The molecule has 9 nitrogen and oxygen atoms in total. The summed E-state index contributed by atoms with van der Waals surface area (Å²) in [5.41, 5.74) is -0.614. The Morgan fingerprint density at radius 1 is 1.06 bits per heavy atom. The van der Waals surface area contributed by atoms with Crippen LogP contribution in [-0.4, -0.2) is 41.8 Å². The molecule has 2 N–H and O–H groups in total. The van der Waals surface area contributed by atoms with Gasteiger partial charge in [-0.2, -0.15) is 0 Å². The minimum absolute atomic E-state index is 0.614. The van der Waals surface area contributed by atoms with Crippen molar-refractivity contribution in [1.29, 1.82) is 0 Å². The van der Waals surface area contributed by atoms with Gasteiger partial charge in [-0.1, -0.05) is 13.8 Å². The molecule has 0 fully saturated rings. The first-order valence-corrected chi connectivity index (χ1v) is 5.99. The third-order valence-electron chi connectivity index (χ3n) is 1.46. The maximum absolute atomic E-state index is 11.9. The minimum Gasteiger partial charge on any atom is -0.450 e. The van der Waals surface area contributed by atoms with Gasteiger partial charge in [-0.3, -0.25) is 13.6 Å². The Labute approximate surface area is 96.8 Å². The lowest BCUT2D eigenvalue weighted by Crippen LogP contribution is -2.13. The predicted octanol–water partition coefficient (Wildman–Crippen LogP) is 1.93. The molecule has 0 aromatic carbocycles. The van der Waals surface area contributed by atoms with Crippen LogP contribution >= 0.6 is 7.60 Å². The lowest BCUT2D eigenvalue weighted by atomic mass is 10.6. The summed E-state index contributed by atoms with van der Waals surface area (Å²) in [5.74, 6) is 0. The van der Waals surface area contributed by atoms with Crippen molar-refractivity contribution in [3.63, 3.8) is 0 Å². The third kappa shape index (κ3) is 6.77. The monoisotopic (exact) mass is 272 g/mol. The lowest BCUT2D eigenvalue weighted by molar-refractivity contribution is -0.00692. The van der Waals surface area contributed by atoms with E-state index in [9.17, 15) is 14.2 Å². The van der Waals surface area contributed by atoms with E-state index in [1.165, 1.54) is 13.8 Å². The molecule has 0 aliphatic carbocycles. The molecule has 0 rings (SSSR count). The summed E-state index contributed by atoms with van der Waals surface area (Å²) < 4.78 is 29.2. The zero-order valence-electron chi connectivity index (χ0n) is 9.19. The number of hydrogen-bond acceptors (Lipinski definition) is 7. The Hall–Kier alpha value is -1.31. The molecule has 0 aromatic heterocycles. The summed E-state index contributed by atoms with van der Waals surface area (Å²) in [6, 6.07) is 0. The van der Waals surface area contributed by atoms with Gasteiger partial charge in [-0.25, -0.2) is 9.59 Å². The van der Waals surface area contributed by atoms with Gasteiger partial charge in [0.05, 0.1) is 5.66 Å². The van der Waals surface area contributed by atoms with Crippen LogP contribution in [0.5, 0.6) is 0 Å². The van der Waals surface area contributed by atoms with E-state index in [2.05, 4.69) is 18.5 Å². The molecule has 0 heterocycles. The second kappa shape index (κ2) is 7.10. The Kier molecular flexibility index (Phi) is 6.55. The maximum Gasteiger partial charge on any atom is 0.507 e. The molecule has 0 atom stereocenters. The standard InChI is InChI=1S/C7H13O9P/c1-5(2)17(12,15-3-13-6(8)9)16-4-14-7(10)11/h5H,3-4H2,1-2H3,(H,8,9)(H,10,11). The van der Waals surface area contributed by atoms with Gasteiger partial charge in [0.15, 0.2) is 0 Å². The molecule has 0 radical (unpaired) electrons. The molecule has 0 bridgehead atoms. The fraction of sp³-hybridized carbons (Fsp3) is 0.714. The average molecular weight is 272 g/mol. The summed E-state index contributed by atoms with van der Waals surface area (Å²) in [6.07, 6.45) is -3.19. The molecule has 0 amide bonds. The SMILES string of the molecule is CC(C)P(=O)(OCOC(=O)O)OCOC(=O)O. The van der Waals surface area contributed by atoms with Gasteiger partial charge in [-0.05, 0) is 0 Å². The van der Waals surface area contributed by atoms with Crippen LogP contribution in [0.4, 0.5) is 9.59 Å². The first-order valence-electron chi connectivity index (χ1n) is 4.38. The summed E-state index contributed by atoms with van der Waals surface area (Å²) in [6.45, 7) is 1.42. The van der Waals surface area contributed by atoms with Gasteiger partial charge in [0.2, 0.25) is 13.6 Å². The van der Waals surface area contributed by atoms with Crippen LogP contribution in [-0.2, 0) is 23.1 Å². The van der Waals surface area contributed by atoms with Crippen molar-refractivity contribution in [2.75, 3.05) is 13.6 Å². The van der Waals surface area contributed by atoms with Crippen LogP contribution in [0.1, 0.15) is 13.8 Å². The third-order valence-corrected chi connectivity index (χ3v) is 3.66. The molecule has 100 valence electrons. The minimum atomic E-state index is -3.68. The highest BCUT2D eigenvalue weighted by Crippen LogP contribution is 2.52. The predicted molar refractivity (Wildman–Crippen MR) is 52.9 cm³/mol. The van der Waals surface area contributed by atoms with E-state index in [-0.39, 0.29) is 0 Å². The lowest BCUT2D eigenvalue weighted by Gasteiger charge is -2.20. The van der Waals surface area contributed by atoms with Crippen LogP contribution in [0.3, 0.4) is 0 Å². The van der Waals surface area contributed by atoms with Crippen molar-refractivity contribution in [1.82, 2.24) is 0 Å². The van der Waals surface area contributed by atoms with Gasteiger partial charge in [0, 0.05) is 0 Å². The second-order valence-corrected chi connectivity index (χ2v) is 5.58. The van der Waals surface area contributed by atoms with E-state index in [0.29, 0.717) is 0 Å². The fourth-order valence-electron chi connectivity index (χ4n) is 0.636. The van der Waals surface area contributed by atoms with E-state index < -0.39 is 39.2 Å². The van der Waals surface area contributed by atoms with Crippen molar-refractivity contribution < 1.29 is 42.9 Å². The number of ether oxygens (including phenoxy) is 2. The van der Waals surface area contributed by atoms with Crippen molar-refractivity contribution in [3.8, 4) is 0 Å². The van der Waals surface area contributed by atoms with E-state index in [1.54, 1.807) is 0 Å². The van der Waals surface area contributed by atoms with Crippen molar-refractivity contribution >= 4 is 19.9 Å². The Morgan fingerprint density at radius 3 is 1.65 bits per heavy atom. The number of hydrogen-bond donors (Lipinski definition) is 2. The fourth-order valence-corrected chi connectivity index (χ4v) is 1.71. The highest BCUT2D eigenvalue weighted by molar-refractivity contribution is 7.54. The van der Waals surface area contributed by atoms with E-state index >= 15 is 0 Å². The molecule has 0 aliphatic rings. The van der Waals surface area contributed by atoms with Gasteiger partial charge < -0.3 is 19.7 Å². The zero-order valence-corrected chi connectivity index (χ0v) is 10.1. The van der Waals surface area contributed by atoms with E-state index in [0.717, 1.165) is 0 Å². The summed E-state index contributed by atoms with van der Waals surface area (Å²) in [4.78, 5) is 20.0. The zero-order chi connectivity index (χ0) is 13.5. The van der Waals surface area contributed by atoms with Gasteiger partial charge >= 0.3 is 19.9 Å². The molecule has 0 unspecified atom stereocenters. The van der Waals surface area contributed by atoms with Gasteiger partial charge in [-0.15, -0.1) is 0 Å². The van der Waals surface area contributed by atoms with Crippen molar-refractivity contribution in [3.05, 3.63) is 0 Å². The van der Waals surface area contributed by atoms with Crippen LogP contribution < -0.4 is 0 Å². The topological polar surface area (TPSA) is 129 Å². The first kappa shape index (κ1) is 15.7. The molecule has 0 saturated carbocycles. The molecule has 0 saturated heterocycles. The molecule has 10 heteroatoms. The highest BCUT2D eigenvalue weighted by Gasteiger charge is 2.30. The van der Waals surface area contributed by atoms with Gasteiger partial charge in [0.1, 0.15) is 0 Å². The number of carbonyl (C=O) groups is 2. The second-order valence-electron chi connectivity index (χ2n) is 2.95. The van der Waals surface area contributed by atoms with Crippen molar-refractivity contribution in [2.24, 2.45) is 0 Å². The maximum atomic E-state index is 11.9. The van der Waals surface area contributed by atoms with Crippen LogP contribution in [0.2, 0.25) is 0 Å². The normalized spacial score (nSPS) is 11.2. The quantitative estimate of drug-likeness (QED) is 0.405. The smallest absolute Gasteiger partial charge is 0.450 e. The van der Waals surface area contributed by atoms with Gasteiger partial charge in [0.25, 0.3) is 0 Å². The summed E-state index contributed by atoms with van der Waals surface area (Å²) in [7, 11) is -3.68. The molecule has 0 aromatic rings. The average Bonchev–Trinajstić information content (AvgIpc) is 2.16. The van der Waals surface area contributed by atoms with Crippen molar-refractivity contribution in [2.45, 2.75) is 19.5 Å². The molecule has 17 heavy (non-hydrogen) atoms. The highest BCUT2D eigenvalue weighted by atomic mass is 31.2. The summed E-state index contributed by atoms with van der Waals surface area (Å²) >= 11 is 0. The summed E-state index contributed by atoms with van der Waals surface area (Å²) in [5, 5.41) is 16.3.